The number of rotatable bonds is 21. The van der Waals surface area contributed by atoms with Crippen LogP contribution in [-0.4, -0.2) is 70.0 Å². The van der Waals surface area contributed by atoms with Gasteiger partial charge in [-0.15, -0.1) is 0 Å². The second-order valence-corrected chi connectivity index (χ2v) is 14.1. The Kier molecular flexibility index (Phi) is 15.6. The minimum Gasteiger partial charge on any atom is -0.497 e. The summed E-state index contributed by atoms with van der Waals surface area (Å²) in [5, 5.41) is 0. The third-order valence-electron chi connectivity index (χ3n) is 9.91. The monoisotopic (exact) mass is 788 g/mol. The first-order valence-corrected chi connectivity index (χ1v) is 19.7. The van der Waals surface area contributed by atoms with Gasteiger partial charge in [0.25, 0.3) is 0 Å². The maximum Gasteiger partial charge on any atom is 0.187 e. The van der Waals surface area contributed by atoms with E-state index < -0.39 is 43.3 Å². The average Bonchev–Trinajstić information content (AvgIpc) is 3.77. The summed E-state index contributed by atoms with van der Waals surface area (Å²) in [6.07, 6.45) is -3.40. The zero-order chi connectivity index (χ0) is 39.8. The highest BCUT2D eigenvalue weighted by molar-refractivity contribution is 5.28. The Morgan fingerprint density at radius 3 is 1.57 bits per heavy atom. The van der Waals surface area contributed by atoms with Gasteiger partial charge in [0.05, 0.1) is 53.4 Å². The van der Waals surface area contributed by atoms with E-state index in [-0.39, 0.29) is 19.3 Å². The number of benzene rings is 5. The van der Waals surface area contributed by atoms with E-state index in [4.69, 9.17) is 47.4 Å². The van der Waals surface area contributed by atoms with Crippen molar-refractivity contribution in [2.45, 2.75) is 75.8 Å². The molecule has 0 spiro atoms. The van der Waals surface area contributed by atoms with Crippen LogP contribution in [0.3, 0.4) is 0 Å². The van der Waals surface area contributed by atoms with Crippen LogP contribution in [0.25, 0.3) is 0 Å². The van der Waals surface area contributed by atoms with Crippen LogP contribution in [0.15, 0.2) is 158 Å². The molecule has 2 aliphatic heterocycles. The molecule has 2 saturated heterocycles. The summed E-state index contributed by atoms with van der Waals surface area (Å²) < 4.78 is 63.7. The van der Waals surface area contributed by atoms with E-state index in [1.165, 1.54) is 0 Å². The fourth-order valence-corrected chi connectivity index (χ4v) is 6.81. The van der Waals surface area contributed by atoms with Gasteiger partial charge in [-0.05, 0) is 40.5 Å². The van der Waals surface area contributed by atoms with E-state index in [0.29, 0.717) is 33.0 Å². The van der Waals surface area contributed by atoms with Gasteiger partial charge < -0.3 is 47.4 Å². The topological polar surface area (TPSA) is 92.3 Å². The molecular weight excluding hydrogens is 737 g/mol. The van der Waals surface area contributed by atoms with Gasteiger partial charge in [0, 0.05) is 5.56 Å². The number of ether oxygens (including phenoxy) is 10. The Bertz CT molecular complexity index is 1900. The van der Waals surface area contributed by atoms with Crippen LogP contribution < -0.4 is 4.74 Å². The molecule has 0 radical (unpaired) electrons. The molecular formula is C48H52O10. The van der Waals surface area contributed by atoms with E-state index >= 15 is 0 Å². The van der Waals surface area contributed by atoms with Gasteiger partial charge in [-0.25, -0.2) is 0 Å². The van der Waals surface area contributed by atoms with Crippen molar-refractivity contribution in [3.05, 3.63) is 186 Å². The molecule has 58 heavy (non-hydrogen) atoms. The Labute approximate surface area is 341 Å². The SMILES string of the molecule is C=C[C@@H](OC[C@@H]1COC(c2ccc(OC)cc2)O1)OC[C@H]1O[C@@H](OCc2ccccc2)[C@H](OCc2ccccc2)[C@@H](OCc2ccccc2)[C@H]1OCc1ccccc1. The highest BCUT2D eigenvalue weighted by atomic mass is 16.8. The average molecular weight is 789 g/mol. The van der Waals surface area contributed by atoms with Gasteiger partial charge in [0.2, 0.25) is 0 Å². The molecule has 0 saturated carbocycles. The van der Waals surface area contributed by atoms with E-state index in [9.17, 15) is 0 Å². The molecule has 0 aliphatic carbocycles. The summed E-state index contributed by atoms with van der Waals surface area (Å²) in [4.78, 5) is 0. The van der Waals surface area contributed by atoms with Gasteiger partial charge in [-0.1, -0.05) is 140 Å². The maximum atomic E-state index is 6.84. The van der Waals surface area contributed by atoms with Crippen LogP contribution >= 0.6 is 0 Å². The molecule has 10 nitrogen and oxygen atoms in total. The van der Waals surface area contributed by atoms with E-state index in [1.54, 1.807) is 13.2 Å². The van der Waals surface area contributed by atoms with Gasteiger partial charge in [0.15, 0.2) is 18.9 Å². The van der Waals surface area contributed by atoms with Gasteiger partial charge in [0.1, 0.15) is 36.3 Å². The second kappa shape index (κ2) is 21.9. The largest absolute Gasteiger partial charge is 0.497 e. The van der Waals surface area contributed by atoms with Crippen molar-refractivity contribution in [1.82, 2.24) is 0 Å². The maximum absolute atomic E-state index is 6.84. The zero-order valence-corrected chi connectivity index (χ0v) is 32.8. The zero-order valence-electron chi connectivity index (χ0n) is 32.8. The first kappa shape index (κ1) is 41.4. The fourth-order valence-electron chi connectivity index (χ4n) is 6.81. The van der Waals surface area contributed by atoms with Gasteiger partial charge in [-0.2, -0.15) is 0 Å². The number of hydrogen-bond donors (Lipinski definition) is 0. The molecule has 0 N–H and O–H groups in total. The van der Waals surface area contributed by atoms with Crippen LogP contribution in [0.5, 0.6) is 5.75 Å². The van der Waals surface area contributed by atoms with Crippen LogP contribution in [0.4, 0.5) is 0 Å². The summed E-state index contributed by atoms with van der Waals surface area (Å²) in [5.41, 5.74) is 4.93. The quantitative estimate of drug-likeness (QED) is 0.0534. The molecule has 2 aliphatic rings. The highest BCUT2D eigenvalue weighted by Gasteiger charge is 2.49. The van der Waals surface area contributed by atoms with Crippen molar-refractivity contribution in [1.29, 1.82) is 0 Å². The lowest BCUT2D eigenvalue weighted by atomic mass is 9.97. The standard InChI is InChI=1S/C48H52O10/c1-3-43(50-32-41-33-56-47(57-41)39-24-26-40(49-2)27-25-39)51-34-42-44(52-28-35-16-8-4-9-17-35)45(53-29-36-18-10-5-11-19-36)46(54-30-37-20-12-6-13-21-37)48(58-42)55-31-38-22-14-7-15-23-38/h3-27,41-48H,1,28-34H2,2H3/t41-,42-,43+,44+,45+,46-,47?,48-/m1/s1. The Morgan fingerprint density at radius 1 is 0.569 bits per heavy atom. The minimum absolute atomic E-state index is 0.0778. The first-order valence-electron chi connectivity index (χ1n) is 19.7. The number of hydrogen-bond acceptors (Lipinski definition) is 10. The van der Waals surface area contributed by atoms with E-state index in [1.807, 2.05) is 146 Å². The smallest absolute Gasteiger partial charge is 0.187 e. The third-order valence-corrected chi connectivity index (χ3v) is 9.91. The molecule has 0 aromatic heterocycles. The normalized spacial score (nSPS) is 23.6. The van der Waals surface area contributed by atoms with Crippen LogP contribution in [-0.2, 0) is 69.1 Å². The summed E-state index contributed by atoms with van der Waals surface area (Å²) in [6.45, 7) is 5.91. The molecule has 10 heteroatoms. The van der Waals surface area contributed by atoms with Crippen molar-refractivity contribution < 1.29 is 47.4 Å². The molecule has 0 amide bonds. The first-order chi connectivity index (χ1) is 28.6. The molecule has 2 heterocycles. The van der Waals surface area contributed by atoms with Crippen LogP contribution in [0.2, 0.25) is 0 Å². The minimum atomic E-state index is -0.836. The van der Waals surface area contributed by atoms with Crippen molar-refractivity contribution in [3.8, 4) is 5.75 Å². The van der Waals surface area contributed by atoms with Crippen LogP contribution in [0, 0.1) is 0 Å². The van der Waals surface area contributed by atoms with Gasteiger partial charge in [-0.3, -0.25) is 0 Å². The Morgan fingerprint density at radius 2 is 1.05 bits per heavy atom. The molecule has 0 bridgehead atoms. The molecule has 304 valence electrons. The molecule has 5 aromatic rings. The lowest BCUT2D eigenvalue weighted by Crippen LogP contribution is -2.62. The Hall–Kier alpha value is -4.72. The Balaban J connectivity index is 1.10. The molecule has 1 unspecified atom stereocenters. The predicted molar refractivity (Wildman–Crippen MR) is 217 cm³/mol. The number of methoxy groups -OCH3 is 1. The lowest BCUT2D eigenvalue weighted by Gasteiger charge is -2.46. The van der Waals surface area contributed by atoms with Crippen molar-refractivity contribution in [2.75, 3.05) is 26.9 Å². The lowest BCUT2D eigenvalue weighted by molar-refractivity contribution is -0.333. The van der Waals surface area contributed by atoms with Crippen LogP contribution in [0.1, 0.15) is 34.1 Å². The summed E-state index contributed by atoms with van der Waals surface area (Å²) in [5.74, 6) is 0.764. The summed E-state index contributed by atoms with van der Waals surface area (Å²) >= 11 is 0. The van der Waals surface area contributed by atoms with Gasteiger partial charge >= 0.3 is 0 Å². The molecule has 8 atom stereocenters. The molecule has 5 aromatic carbocycles. The van der Waals surface area contributed by atoms with Crippen molar-refractivity contribution in [3.63, 3.8) is 0 Å². The molecule has 7 rings (SSSR count). The fraction of sp³-hybridized carbons (Fsp3) is 0.333. The van der Waals surface area contributed by atoms with Crippen molar-refractivity contribution in [2.24, 2.45) is 0 Å². The van der Waals surface area contributed by atoms with E-state index in [0.717, 1.165) is 33.6 Å². The predicted octanol–water partition coefficient (Wildman–Crippen LogP) is 8.35. The second-order valence-electron chi connectivity index (χ2n) is 14.1. The van der Waals surface area contributed by atoms with Crippen molar-refractivity contribution >= 4 is 0 Å². The summed E-state index contributed by atoms with van der Waals surface area (Å²) in [6, 6.07) is 47.7. The summed E-state index contributed by atoms with van der Waals surface area (Å²) in [7, 11) is 1.63. The molecule has 2 fully saturated rings. The van der Waals surface area contributed by atoms with E-state index in [2.05, 4.69) is 6.58 Å². The highest BCUT2D eigenvalue weighted by Crippen LogP contribution is 2.33. The third kappa shape index (κ3) is 11.9.